The van der Waals surface area contributed by atoms with Crippen molar-refractivity contribution in [1.29, 1.82) is 0 Å². The third kappa shape index (κ3) is 8.09. The van der Waals surface area contributed by atoms with Crippen molar-refractivity contribution in [3.8, 4) is 0 Å². The van der Waals surface area contributed by atoms with Crippen molar-refractivity contribution in [2.45, 2.75) is 177 Å². The number of phosphoric ester groups is 1. The van der Waals surface area contributed by atoms with Crippen molar-refractivity contribution in [2.75, 3.05) is 26.6 Å². The molecule has 0 radical (unpaired) electrons. The fraction of sp³-hybridized carbons (Fsp3) is 1.00. The van der Waals surface area contributed by atoms with E-state index in [9.17, 15) is 4.57 Å². The van der Waals surface area contributed by atoms with E-state index >= 15 is 0 Å². The van der Waals surface area contributed by atoms with E-state index in [1.54, 1.807) is 0 Å². The van der Waals surface area contributed by atoms with Gasteiger partial charge in [0.25, 0.3) is 0 Å². The Kier molecular flexibility index (Phi) is 10.9. The van der Waals surface area contributed by atoms with E-state index in [2.05, 4.69) is 9.80 Å². The molecule has 0 amide bonds. The Morgan fingerprint density at radius 1 is 0.488 bits per heavy atom. The van der Waals surface area contributed by atoms with Gasteiger partial charge in [-0.05, 0) is 77.0 Å². The van der Waals surface area contributed by atoms with Crippen molar-refractivity contribution in [1.82, 2.24) is 9.80 Å². The maximum absolute atomic E-state index is 14.6. The topological polar surface area (TPSA) is 69.7 Å². The molecule has 0 aromatic heterocycles. The van der Waals surface area contributed by atoms with Gasteiger partial charge in [-0.25, -0.2) is 4.57 Å². The highest BCUT2D eigenvalue weighted by Crippen LogP contribution is 2.57. The highest BCUT2D eigenvalue weighted by Gasteiger charge is 2.45. The molecule has 0 N–H and O–H groups in total. The van der Waals surface area contributed by atoms with Gasteiger partial charge in [0.1, 0.15) is 0 Å². The van der Waals surface area contributed by atoms with E-state index in [0.29, 0.717) is 36.1 Å². The number of phosphoric acid groups is 1. The summed E-state index contributed by atoms with van der Waals surface area (Å²) in [4.78, 5) is 5.16. The van der Waals surface area contributed by atoms with Gasteiger partial charge in [0.05, 0.1) is 44.0 Å². The molecule has 7 aliphatic rings. The largest absolute Gasteiger partial charge is 0.475 e. The molecule has 7 rings (SSSR count). The van der Waals surface area contributed by atoms with Gasteiger partial charge in [-0.15, -0.1) is 0 Å². The molecule has 2 saturated heterocycles. The molecule has 2 aliphatic heterocycles. The van der Waals surface area contributed by atoms with Crippen LogP contribution in [0.15, 0.2) is 0 Å². The highest BCUT2D eigenvalue weighted by molar-refractivity contribution is 7.48. The van der Waals surface area contributed by atoms with Gasteiger partial charge >= 0.3 is 7.82 Å². The Labute approximate surface area is 260 Å². The van der Waals surface area contributed by atoms with E-state index in [-0.39, 0.29) is 18.3 Å². The van der Waals surface area contributed by atoms with Crippen LogP contribution in [0.4, 0.5) is 0 Å². The van der Waals surface area contributed by atoms with Gasteiger partial charge in [-0.2, -0.15) is 0 Å². The summed E-state index contributed by atoms with van der Waals surface area (Å²) in [6.45, 7) is 3.70. The van der Waals surface area contributed by atoms with Crippen LogP contribution in [0.25, 0.3) is 0 Å². The molecule has 246 valence electrons. The first kappa shape index (κ1) is 31.5. The molecule has 7 fully saturated rings. The molecule has 5 aliphatic carbocycles. The quantitative estimate of drug-likeness (QED) is 0.254. The molecule has 0 spiro atoms. The minimum absolute atomic E-state index is 0.0214. The molecule has 6 unspecified atom stereocenters. The zero-order chi connectivity index (χ0) is 29.1. The van der Waals surface area contributed by atoms with E-state index in [4.69, 9.17) is 23.0 Å². The van der Waals surface area contributed by atoms with Crippen molar-refractivity contribution in [3.63, 3.8) is 0 Å². The lowest BCUT2D eigenvalue weighted by Gasteiger charge is -2.47. The molecule has 0 aromatic rings. The SMILES string of the molecule is O=P(OC1CCCCC1)(OC1CCC2OCN(C3CCCCC3)CC2C1)OC1CCC2OCN(C3CCCCC3)CC2C1. The first-order valence-electron chi connectivity index (χ1n) is 18.5. The summed E-state index contributed by atoms with van der Waals surface area (Å²) in [5.74, 6) is 0.858. The molecule has 8 nitrogen and oxygen atoms in total. The van der Waals surface area contributed by atoms with Crippen molar-refractivity contribution >= 4 is 7.82 Å². The minimum Gasteiger partial charge on any atom is -0.362 e. The van der Waals surface area contributed by atoms with E-state index in [1.807, 2.05) is 0 Å². The van der Waals surface area contributed by atoms with Crippen LogP contribution in [-0.4, -0.2) is 79.0 Å². The summed E-state index contributed by atoms with van der Waals surface area (Å²) in [7, 11) is -3.71. The van der Waals surface area contributed by atoms with Crippen LogP contribution in [0.5, 0.6) is 0 Å². The number of fused-ring (bicyclic) bond motifs is 2. The van der Waals surface area contributed by atoms with Gasteiger partial charge in [0.2, 0.25) is 0 Å². The van der Waals surface area contributed by atoms with Crippen LogP contribution in [0.2, 0.25) is 0 Å². The maximum atomic E-state index is 14.6. The highest BCUT2D eigenvalue weighted by atomic mass is 31.2. The van der Waals surface area contributed by atoms with Crippen LogP contribution < -0.4 is 0 Å². The smallest absolute Gasteiger partial charge is 0.362 e. The summed E-state index contributed by atoms with van der Waals surface area (Å²) in [5, 5.41) is 0. The van der Waals surface area contributed by atoms with Crippen LogP contribution in [0.3, 0.4) is 0 Å². The number of ether oxygens (including phenoxy) is 2. The van der Waals surface area contributed by atoms with Gasteiger partial charge < -0.3 is 9.47 Å². The maximum Gasteiger partial charge on any atom is 0.475 e. The van der Waals surface area contributed by atoms with Gasteiger partial charge in [-0.3, -0.25) is 23.4 Å². The molecule has 2 heterocycles. The Morgan fingerprint density at radius 2 is 0.907 bits per heavy atom. The fourth-order valence-corrected chi connectivity index (χ4v) is 11.5. The number of nitrogens with zero attached hydrogens (tertiary/aromatic N) is 2. The predicted octanol–water partition coefficient (Wildman–Crippen LogP) is 7.80. The lowest BCUT2D eigenvalue weighted by atomic mass is 9.82. The zero-order valence-corrected chi connectivity index (χ0v) is 27.6. The summed E-state index contributed by atoms with van der Waals surface area (Å²) in [6.07, 6.45) is 24.5. The van der Waals surface area contributed by atoms with Gasteiger partial charge in [0.15, 0.2) is 0 Å². The Balaban J connectivity index is 0.984. The average molecular weight is 623 g/mol. The molecular formula is C34H59N2O6P. The minimum atomic E-state index is -3.71. The molecular weight excluding hydrogens is 563 g/mol. The monoisotopic (exact) mass is 622 g/mol. The lowest BCUT2D eigenvalue weighted by molar-refractivity contribution is -0.151. The Hall–Kier alpha value is -0.0500. The van der Waals surface area contributed by atoms with Crippen LogP contribution in [0.1, 0.15) is 135 Å². The normalized spacial score (nSPS) is 39.5. The number of hydrogen-bond acceptors (Lipinski definition) is 8. The Morgan fingerprint density at radius 3 is 1.37 bits per heavy atom. The molecule has 43 heavy (non-hydrogen) atoms. The number of hydrogen-bond donors (Lipinski definition) is 0. The van der Waals surface area contributed by atoms with Crippen LogP contribution >= 0.6 is 7.82 Å². The fourth-order valence-electron chi connectivity index (χ4n) is 9.69. The summed E-state index contributed by atoms with van der Waals surface area (Å²) in [6, 6.07) is 1.32. The second-order valence-electron chi connectivity index (χ2n) is 15.2. The van der Waals surface area contributed by atoms with Crippen molar-refractivity contribution < 1.29 is 27.6 Å². The van der Waals surface area contributed by atoms with E-state index in [1.165, 1.54) is 70.6 Å². The first-order chi connectivity index (χ1) is 21.1. The van der Waals surface area contributed by atoms with E-state index < -0.39 is 7.82 Å². The lowest BCUT2D eigenvalue weighted by Crippen LogP contribution is -2.52. The summed E-state index contributed by atoms with van der Waals surface area (Å²) >= 11 is 0. The van der Waals surface area contributed by atoms with Crippen LogP contribution in [-0.2, 0) is 27.6 Å². The Bertz CT molecular complexity index is 863. The van der Waals surface area contributed by atoms with Crippen LogP contribution in [0, 0.1) is 11.8 Å². The third-order valence-corrected chi connectivity index (χ3v) is 13.8. The third-order valence-electron chi connectivity index (χ3n) is 12.1. The van der Waals surface area contributed by atoms with Gasteiger partial charge in [0, 0.05) is 37.0 Å². The predicted molar refractivity (Wildman–Crippen MR) is 167 cm³/mol. The second-order valence-corrected chi connectivity index (χ2v) is 16.7. The molecule has 0 aromatic carbocycles. The summed E-state index contributed by atoms with van der Waals surface area (Å²) < 4.78 is 46.9. The molecule has 9 heteroatoms. The van der Waals surface area contributed by atoms with Crippen molar-refractivity contribution in [3.05, 3.63) is 0 Å². The van der Waals surface area contributed by atoms with Gasteiger partial charge in [-0.1, -0.05) is 57.8 Å². The second kappa shape index (κ2) is 14.8. The zero-order valence-electron chi connectivity index (χ0n) is 26.7. The number of rotatable bonds is 8. The van der Waals surface area contributed by atoms with E-state index in [0.717, 1.165) is 90.8 Å². The average Bonchev–Trinajstić information content (AvgIpc) is 3.05. The molecule has 0 bridgehead atoms. The van der Waals surface area contributed by atoms with Crippen molar-refractivity contribution in [2.24, 2.45) is 11.8 Å². The molecule has 6 atom stereocenters. The molecule has 5 saturated carbocycles. The standard InChI is InChI=1S/C34H59N2O6P/c37-43(40-30-14-8-3-9-15-30,41-31-16-18-33-26(20-31)22-35(24-38-33)28-10-4-1-5-11-28)42-32-17-19-34-27(21-32)23-36(25-39-34)29-12-6-2-7-13-29/h26-34H,1-25H2. The summed E-state index contributed by atoms with van der Waals surface area (Å²) in [5.41, 5.74) is 0. The first-order valence-corrected chi connectivity index (χ1v) is 19.9.